The molecule has 1 atom stereocenters. The number of nitrogens with two attached hydrogens (primary N) is 1. The zero-order valence-corrected chi connectivity index (χ0v) is 18.3. The first kappa shape index (κ1) is 20.7. The first-order valence-electron chi connectivity index (χ1n) is 10.8. The van der Waals surface area contributed by atoms with Crippen LogP contribution in [0.4, 0.5) is 5.82 Å². The van der Waals surface area contributed by atoms with Gasteiger partial charge in [-0.3, -0.25) is 14.6 Å². The lowest BCUT2D eigenvalue weighted by Crippen LogP contribution is -2.31. The monoisotopic (exact) mass is 436 g/mol. The lowest BCUT2D eigenvalue weighted by atomic mass is 10.1. The van der Waals surface area contributed by atoms with Gasteiger partial charge in [-0.05, 0) is 36.2 Å². The maximum absolute atomic E-state index is 6.44. The molecule has 0 fully saturated rings. The fourth-order valence-electron chi connectivity index (χ4n) is 3.83. The number of benzene rings is 1. The van der Waals surface area contributed by atoms with Gasteiger partial charge < -0.3 is 11.1 Å². The Morgan fingerprint density at radius 2 is 1.76 bits per heavy atom. The Morgan fingerprint density at radius 3 is 2.52 bits per heavy atom. The van der Waals surface area contributed by atoms with Crippen molar-refractivity contribution in [3.8, 4) is 22.8 Å². The molecule has 0 saturated carbocycles. The third kappa shape index (κ3) is 4.42. The fraction of sp³-hybridized carbons (Fsp3) is 0.160. The molecule has 0 unspecified atom stereocenters. The first-order chi connectivity index (χ1) is 16.2. The smallest absolute Gasteiger partial charge is 0.162 e. The Hall–Kier alpha value is -4.17. The van der Waals surface area contributed by atoms with Gasteiger partial charge in [0, 0.05) is 55.4 Å². The van der Waals surface area contributed by atoms with E-state index in [2.05, 4.69) is 32.5 Å². The lowest BCUT2D eigenvalue weighted by molar-refractivity contribution is 0.698. The van der Waals surface area contributed by atoms with Crippen molar-refractivity contribution in [3.05, 3.63) is 84.9 Å². The van der Waals surface area contributed by atoms with E-state index in [4.69, 9.17) is 15.7 Å². The molecule has 0 aliphatic rings. The van der Waals surface area contributed by atoms with E-state index in [-0.39, 0.29) is 6.04 Å². The van der Waals surface area contributed by atoms with Crippen LogP contribution in [-0.2, 0) is 13.5 Å². The fourth-order valence-corrected chi connectivity index (χ4v) is 3.83. The summed E-state index contributed by atoms with van der Waals surface area (Å²) in [5.41, 5.74) is 10.9. The SMILES string of the molecule is Cn1nccc1-c1nccc2c(NC[C@@H](N)Cc3ccccc3)nc(-c3ccncc3)nc12. The molecule has 3 N–H and O–H groups in total. The number of nitrogens with one attached hydrogen (secondary N) is 1. The molecule has 1 aromatic carbocycles. The zero-order valence-electron chi connectivity index (χ0n) is 18.3. The van der Waals surface area contributed by atoms with Crippen LogP contribution in [0, 0.1) is 0 Å². The highest BCUT2D eigenvalue weighted by atomic mass is 15.3. The first-order valence-corrected chi connectivity index (χ1v) is 10.8. The topological polar surface area (TPSA) is 107 Å². The number of pyridine rings is 2. The molecular weight excluding hydrogens is 412 g/mol. The second-order valence-corrected chi connectivity index (χ2v) is 7.86. The summed E-state index contributed by atoms with van der Waals surface area (Å²) in [5, 5.41) is 8.64. The Kier molecular flexibility index (Phi) is 5.73. The van der Waals surface area contributed by atoms with Crippen LogP contribution in [0.3, 0.4) is 0 Å². The van der Waals surface area contributed by atoms with Gasteiger partial charge >= 0.3 is 0 Å². The van der Waals surface area contributed by atoms with Crippen molar-refractivity contribution >= 4 is 16.7 Å². The van der Waals surface area contributed by atoms with E-state index < -0.39 is 0 Å². The van der Waals surface area contributed by atoms with Crippen molar-refractivity contribution in [2.24, 2.45) is 12.8 Å². The number of aryl methyl sites for hydroxylation is 1. The highest BCUT2D eigenvalue weighted by Gasteiger charge is 2.17. The maximum Gasteiger partial charge on any atom is 0.162 e. The van der Waals surface area contributed by atoms with Crippen molar-refractivity contribution in [2.45, 2.75) is 12.5 Å². The molecule has 0 aliphatic carbocycles. The summed E-state index contributed by atoms with van der Waals surface area (Å²) in [6.45, 7) is 0.570. The van der Waals surface area contributed by atoms with Crippen LogP contribution >= 0.6 is 0 Å². The van der Waals surface area contributed by atoms with Crippen molar-refractivity contribution < 1.29 is 0 Å². The minimum absolute atomic E-state index is 0.0693. The molecule has 0 radical (unpaired) electrons. The number of rotatable bonds is 7. The average molecular weight is 437 g/mol. The summed E-state index contributed by atoms with van der Waals surface area (Å²) in [6.07, 6.45) is 7.77. The van der Waals surface area contributed by atoms with E-state index in [0.717, 1.165) is 40.1 Å². The molecule has 0 aliphatic heterocycles. The van der Waals surface area contributed by atoms with E-state index in [1.807, 2.05) is 49.5 Å². The van der Waals surface area contributed by atoms with Crippen LogP contribution in [0.1, 0.15) is 5.56 Å². The molecule has 4 aromatic heterocycles. The third-order valence-corrected chi connectivity index (χ3v) is 5.49. The summed E-state index contributed by atoms with van der Waals surface area (Å²) >= 11 is 0. The second kappa shape index (κ2) is 9.13. The summed E-state index contributed by atoms with van der Waals surface area (Å²) in [6, 6.07) is 17.8. The van der Waals surface area contributed by atoms with E-state index in [0.29, 0.717) is 12.4 Å². The van der Waals surface area contributed by atoms with Gasteiger partial charge in [0.15, 0.2) is 5.82 Å². The standard InChI is InChI=1S/C25H24N8/c1-33-21(10-14-30-33)23-22-20(9-13-28-23)25(32-24(31-22)18-7-11-27-12-8-18)29-16-19(26)15-17-5-3-2-4-6-17/h2-14,19H,15-16,26H2,1H3,(H,29,31,32)/t19-/m0/s1. The molecule has 4 heterocycles. The van der Waals surface area contributed by atoms with Crippen LogP contribution in [-0.4, -0.2) is 42.3 Å². The van der Waals surface area contributed by atoms with Crippen LogP contribution in [0.2, 0.25) is 0 Å². The summed E-state index contributed by atoms with van der Waals surface area (Å²) in [5.74, 6) is 1.32. The molecule has 164 valence electrons. The summed E-state index contributed by atoms with van der Waals surface area (Å²) in [7, 11) is 1.89. The summed E-state index contributed by atoms with van der Waals surface area (Å²) in [4.78, 5) is 18.5. The molecule has 33 heavy (non-hydrogen) atoms. The van der Waals surface area contributed by atoms with Gasteiger partial charge in [0.25, 0.3) is 0 Å². The van der Waals surface area contributed by atoms with Gasteiger partial charge in [0.1, 0.15) is 17.0 Å². The lowest BCUT2D eigenvalue weighted by Gasteiger charge is -2.16. The van der Waals surface area contributed by atoms with Gasteiger partial charge in [-0.2, -0.15) is 5.10 Å². The largest absolute Gasteiger partial charge is 0.368 e. The molecular formula is C25H24N8. The van der Waals surface area contributed by atoms with Gasteiger partial charge in [0.2, 0.25) is 0 Å². The van der Waals surface area contributed by atoms with Gasteiger partial charge in [-0.1, -0.05) is 30.3 Å². The molecule has 0 bridgehead atoms. The molecule has 8 nitrogen and oxygen atoms in total. The van der Waals surface area contributed by atoms with E-state index >= 15 is 0 Å². The number of anilines is 1. The molecule has 0 amide bonds. The van der Waals surface area contributed by atoms with Crippen LogP contribution in [0.15, 0.2) is 79.4 Å². The van der Waals surface area contributed by atoms with Crippen molar-refractivity contribution in [2.75, 3.05) is 11.9 Å². The minimum atomic E-state index is -0.0693. The summed E-state index contributed by atoms with van der Waals surface area (Å²) < 4.78 is 1.79. The molecule has 5 aromatic rings. The predicted octanol–water partition coefficient (Wildman–Crippen LogP) is 3.47. The highest BCUT2D eigenvalue weighted by Crippen LogP contribution is 2.30. The van der Waals surface area contributed by atoms with E-state index in [9.17, 15) is 0 Å². The Morgan fingerprint density at radius 1 is 0.939 bits per heavy atom. The average Bonchev–Trinajstić information content (AvgIpc) is 3.28. The van der Waals surface area contributed by atoms with E-state index in [1.165, 1.54) is 5.56 Å². The minimum Gasteiger partial charge on any atom is -0.368 e. The molecule has 5 rings (SSSR count). The van der Waals surface area contributed by atoms with Crippen molar-refractivity contribution in [1.29, 1.82) is 0 Å². The van der Waals surface area contributed by atoms with Gasteiger partial charge in [-0.15, -0.1) is 0 Å². The third-order valence-electron chi connectivity index (χ3n) is 5.49. The second-order valence-electron chi connectivity index (χ2n) is 7.86. The quantitative estimate of drug-likeness (QED) is 0.402. The van der Waals surface area contributed by atoms with Crippen molar-refractivity contribution in [1.82, 2.24) is 29.7 Å². The maximum atomic E-state index is 6.44. The van der Waals surface area contributed by atoms with Gasteiger partial charge in [0.05, 0.1) is 5.69 Å². The zero-order chi connectivity index (χ0) is 22.6. The van der Waals surface area contributed by atoms with Crippen LogP contribution in [0.25, 0.3) is 33.7 Å². The number of hydrogen-bond acceptors (Lipinski definition) is 7. The van der Waals surface area contributed by atoms with Crippen molar-refractivity contribution in [3.63, 3.8) is 0 Å². The highest BCUT2D eigenvalue weighted by molar-refractivity contribution is 5.98. The molecule has 0 saturated heterocycles. The molecule has 0 spiro atoms. The normalized spacial score (nSPS) is 12.1. The van der Waals surface area contributed by atoms with E-state index in [1.54, 1.807) is 29.5 Å². The number of fused-ring (bicyclic) bond motifs is 1. The van der Waals surface area contributed by atoms with Crippen LogP contribution < -0.4 is 11.1 Å². The Balaban J connectivity index is 1.54. The van der Waals surface area contributed by atoms with Crippen LogP contribution in [0.5, 0.6) is 0 Å². The molecule has 8 heteroatoms. The predicted molar refractivity (Wildman–Crippen MR) is 129 cm³/mol. The Bertz CT molecular complexity index is 1370. The Labute approximate surface area is 191 Å². The van der Waals surface area contributed by atoms with Gasteiger partial charge in [-0.25, -0.2) is 9.97 Å². The number of nitrogens with zero attached hydrogens (tertiary/aromatic N) is 6. The number of hydrogen-bond donors (Lipinski definition) is 2. The number of aromatic nitrogens is 6.